The molecule has 0 amide bonds. The van der Waals surface area contributed by atoms with Crippen molar-refractivity contribution < 1.29 is 4.74 Å². The van der Waals surface area contributed by atoms with Gasteiger partial charge in [0.15, 0.2) is 0 Å². The van der Waals surface area contributed by atoms with Crippen LogP contribution in [0.25, 0.3) is 0 Å². The summed E-state index contributed by atoms with van der Waals surface area (Å²) in [5.41, 5.74) is 2.53. The molecular weight excluding hydrogens is 441 g/mol. The van der Waals surface area contributed by atoms with E-state index < -0.39 is 0 Å². The minimum atomic E-state index is 0.185. The van der Waals surface area contributed by atoms with Crippen molar-refractivity contribution >= 4 is 38.5 Å². The first-order chi connectivity index (χ1) is 10.2. The predicted molar refractivity (Wildman–Crippen MR) is 97.9 cm³/mol. The van der Waals surface area contributed by atoms with Gasteiger partial charge in [-0.1, -0.05) is 28.1 Å². The Bertz CT molecular complexity index is 625. The van der Waals surface area contributed by atoms with Gasteiger partial charge in [-0.25, -0.2) is 0 Å². The number of nitrogens with one attached hydrogen (secondary N) is 1. The van der Waals surface area contributed by atoms with E-state index in [0.29, 0.717) is 6.10 Å². The molecule has 0 bridgehead atoms. The van der Waals surface area contributed by atoms with Crippen molar-refractivity contribution in [2.45, 2.75) is 25.0 Å². The van der Waals surface area contributed by atoms with Gasteiger partial charge in [0, 0.05) is 8.04 Å². The highest BCUT2D eigenvalue weighted by atomic mass is 127. The van der Waals surface area contributed by atoms with E-state index in [1.165, 1.54) is 27.5 Å². The summed E-state index contributed by atoms with van der Waals surface area (Å²) >= 11 is 5.95. The number of hydrogen-bond acceptors (Lipinski definition) is 2. The normalized spacial score (nSPS) is 15.8. The van der Waals surface area contributed by atoms with Gasteiger partial charge in [-0.3, -0.25) is 0 Å². The van der Waals surface area contributed by atoms with Crippen LogP contribution < -0.4 is 10.1 Å². The van der Waals surface area contributed by atoms with E-state index in [2.05, 4.69) is 86.3 Å². The topological polar surface area (TPSA) is 21.3 Å². The molecule has 1 unspecified atom stereocenters. The lowest BCUT2D eigenvalue weighted by atomic mass is 9.99. The first-order valence-electron chi connectivity index (χ1n) is 7.06. The maximum atomic E-state index is 5.81. The first-order valence-corrected chi connectivity index (χ1v) is 8.93. The van der Waals surface area contributed by atoms with Crippen LogP contribution >= 0.6 is 38.5 Å². The van der Waals surface area contributed by atoms with Gasteiger partial charge in [0.05, 0.1) is 12.1 Å². The zero-order valence-electron chi connectivity index (χ0n) is 11.8. The number of rotatable bonds is 5. The fourth-order valence-corrected chi connectivity index (χ4v) is 3.38. The summed E-state index contributed by atoms with van der Waals surface area (Å²) in [5, 5.41) is 3.41. The Morgan fingerprint density at radius 2 is 1.90 bits per heavy atom. The second-order valence-corrected chi connectivity index (χ2v) is 7.35. The Morgan fingerprint density at radius 3 is 2.52 bits per heavy atom. The first kappa shape index (κ1) is 15.3. The highest BCUT2D eigenvalue weighted by Crippen LogP contribution is 2.31. The van der Waals surface area contributed by atoms with Crippen LogP contribution in [-0.4, -0.2) is 13.2 Å². The van der Waals surface area contributed by atoms with Crippen LogP contribution in [0.4, 0.5) is 0 Å². The number of benzene rings is 2. The molecule has 1 atom stereocenters. The third kappa shape index (κ3) is 3.79. The summed E-state index contributed by atoms with van der Waals surface area (Å²) in [6, 6.07) is 15.0. The fraction of sp³-hybridized carbons (Fsp3) is 0.294. The third-order valence-electron chi connectivity index (χ3n) is 3.60. The van der Waals surface area contributed by atoms with Gasteiger partial charge in [0.2, 0.25) is 0 Å². The van der Waals surface area contributed by atoms with Crippen LogP contribution in [0.3, 0.4) is 0 Å². The van der Waals surface area contributed by atoms with Crippen molar-refractivity contribution in [2.24, 2.45) is 0 Å². The lowest BCUT2D eigenvalue weighted by Crippen LogP contribution is -2.18. The second kappa shape index (κ2) is 6.67. The molecule has 1 N–H and O–H groups in total. The van der Waals surface area contributed by atoms with Crippen LogP contribution in [0.2, 0.25) is 0 Å². The summed E-state index contributed by atoms with van der Waals surface area (Å²) in [7, 11) is 2.00. The van der Waals surface area contributed by atoms with Crippen LogP contribution in [0.1, 0.15) is 30.0 Å². The highest BCUT2D eigenvalue weighted by molar-refractivity contribution is 14.1. The average Bonchev–Trinajstić information content (AvgIpc) is 3.29. The quantitative estimate of drug-likeness (QED) is 0.644. The van der Waals surface area contributed by atoms with Crippen molar-refractivity contribution in [2.75, 3.05) is 7.05 Å². The lowest BCUT2D eigenvalue weighted by Gasteiger charge is -2.19. The molecule has 0 heterocycles. The SMILES string of the molecule is CNC(c1ccc(OC2CC2)cc1)c1cc(Br)ccc1I. The van der Waals surface area contributed by atoms with Crippen LogP contribution in [0, 0.1) is 3.57 Å². The van der Waals surface area contributed by atoms with Crippen molar-refractivity contribution in [1.82, 2.24) is 5.32 Å². The molecule has 1 saturated carbocycles. The Kier molecular flexibility index (Phi) is 4.86. The van der Waals surface area contributed by atoms with Gasteiger partial charge < -0.3 is 10.1 Å². The molecule has 4 heteroatoms. The summed E-state index contributed by atoms with van der Waals surface area (Å²) in [4.78, 5) is 0. The Labute approximate surface area is 147 Å². The smallest absolute Gasteiger partial charge is 0.119 e. The highest BCUT2D eigenvalue weighted by Gasteiger charge is 2.23. The lowest BCUT2D eigenvalue weighted by molar-refractivity contribution is 0.303. The molecule has 2 aromatic carbocycles. The number of hydrogen-bond donors (Lipinski definition) is 1. The molecular formula is C17H17BrINO. The standard InChI is InChI=1S/C17H17BrINO/c1-20-17(15-10-12(18)4-9-16(15)19)11-2-5-13(6-3-11)21-14-7-8-14/h2-6,9-10,14,17,20H,7-8H2,1H3. The Hall–Kier alpha value is -0.590. The molecule has 0 spiro atoms. The summed E-state index contributed by atoms with van der Waals surface area (Å²) in [6.07, 6.45) is 2.83. The van der Waals surface area contributed by atoms with Crippen LogP contribution in [-0.2, 0) is 0 Å². The van der Waals surface area contributed by atoms with E-state index in [9.17, 15) is 0 Å². The van der Waals surface area contributed by atoms with Crippen molar-refractivity contribution in [1.29, 1.82) is 0 Å². The molecule has 2 nitrogen and oxygen atoms in total. The molecule has 1 aliphatic carbocycles. The van der Waals surface area contributed by atoms with Crippen molar-refractivity contribution in [3.63, 3.8) is 0 Å². The Balaban J connectivity index is 1.86. The van der Waals surface area contributed by atoms with E-state index in [0.717, 1.165) is 10.2 Å². The van der Waals surface area contributed by atoms with Gasteiger partial charge >= 0.3 is 0 Å². The molecule has 1 fully saturated rings. The molecule has 1 aliphatic rings. The zero-order chi connectivity index (χ0) is 14.8. The zero-order valence-corrected chi connectivity index (χ0v) is 15.5. The molecule has 0 aromatic heterocycles. The molecule has 110 valence electrons. The van der Waals surface area contributed by atoms with Crippen molar-refractivity contribution in [3.8, 4) is 5.75 Å². The molecule has 0 saturated heterocycles. The predicted octanol–water partition coefficient (Wildman–Crippen LogP) is 4.90. The van der Waals surface area contributed by atoms with Crippen molar-refractivity contribution in [3.05, 3.63) is 61.6 Å². The minimum absolute atomic E-state index is 0.185. The molecule has 0 radical (unpaired) electrons. The monoisotopic (exact) mass is 457 g/mol. The van der Waals surface area contributed by atoms with E-state index in [1.807, 2.05) is 7.05 Å². The summed E-state index contributed by atoms with van der Waals surface area (Å²) in [6.45, 7) is 0. The van der Waals surface area contributed by atoms with E-state index >= 15 is 0 Å². The molecule has 0 aliphatic heterocycles. The second-order valence-electron chi connectivity index (χ2n) is 5.27. The maximum absolute atomic E-state index is 5.81. The molecule has 21 heavy (non-hydrogen) atoms. The van der Waals surface area contributed by atoms with Crippen LogP contribution in [0.15, 0.2) is 46.9 Å². The maximum Gasteiger partial charge on any atom is 0.119 e. The van der Waals surface area contributed by atoms with Gasteiger partial charge in [-0.15, -0.1) is 0 Å². The third-order valence-corrected chi connectivity index (χ3v) is 5.07. The number of halogens is 2. The van der Waals surface area contributed by atoms with Gasteiger partial charge in [-0.05, 0) is 83.9 Å². The fourth-order valence-electron chi connectivity index (χ4n) is 2.35. The summed E-state index contributed by atoms with van der Waals surface area (Å²) < 4.78 is 8.17. The van der Waals surface area contributed by atoms with E-state index in [-0.39, 0.29) is 6.04 Å². The Morgan fingerprint density at radius 1 is 1.19 bits per heavy atom. The van der Waals surface area contributed by atoms with E-state index in [1.54, 1.807) is 0 Å². The average molecular weight is 458 g/mol. The largest absolute Gasteiger partial charge is 0.490 e. The van der Waals surface area contributed by atoms with Crippen LogP contribution in [0.5, 0.6) is 5.75 Å². The molecule has 2 aromatic rings. The summed E-state index contributed by atoms with van der Waals surface area (Å²) in [5.74, 6) is 0.972. The van der Waals surface area contributed by atoms with Gasteiger partial charge in [0.1, 0.15) is 5.75 Å². The van der Waals surface area contributed by atoms with Gasteiger partial charge in [0.25, 0.3) is 0 Å². The van der Waals surface area contributed by atoms with Gasteiger partial charge in [-0.2, -0.15) is 0 Å². The van der Waals surface area contributed by atoms with E-state index in [4.69, 9.17) is 4.74 Å². The molecule has 3 rings (SSSR count). The minimum Gasteiger partial charge on any atom is -0.490 e. The number of ether oxygens (including phenoxy) is 1.